The number of aromatic hydroxyl groups is 1. The molecule has 1 N–H and O–H groups in total. The zero-order chi connectivity index (χ0) is 13.2. The minimum Gasteiger partial charge on any atom is -0.501 e. The molecule has 0 bridgehead atoms. The van der Waals surface area contributed by atoms with E-state index in [1.165, 1.54) is 0 Å². The minimum atomic E-state index is -5.25. The van der Waals surface area contributed by atoms with Crippen LogP contribution in [0.3, 0.4) is 0 Å². The molecular weight excluding hydrogens is 249 g/mol. The number of aldehydes is 1. The zero-order valence-electron chi connectivity index (χ0n) is 7.76. The van der Waals surface area contributed by atoms with Crippen LogP contribution in [0, 0.1) is 10.1 Å². The first-order valence-electron chi connectivity index (χ1n) is 3.83. The summed E-state index contributed by atoms with van der Waals surface area (Å²) < 4.78 is 39.2. The van der Waals surface area contributed by atoms with Gasteiger partial charge in [0.2, 0.25) is 11.5 Å². The Morgan fingerprint density at radius 1 is 1.53 bits per heavy atom. The third-order valence-corrected chi connectivity index (χ3v) is 1.53. The molecule has 0 amide bonds. The van der Waals surface area contributed by atoms with Crippen molar-refractivity contribution in [3.63, 3.8) is 0 Å². The lowest BCUT2D eigenvalue weighted by atomic mass is 10.3. The maximum Gasteiger partial charge on any atom is 0.573 e. The van der Waals surface area contributed by atoms with Crippen LogP contribution < -0.4 is 4.74 Å². The van der Waals surface area contributed by atoms with Gasteiger partial charge in [-0.05, 0) is 0 Å². The molecule has 1 rings (SSSR count). The van der Waals surface area contributed by atoms with Gasteiger partial charge in [-0.2, -0.15) is 0 Å². The highest BCUT2D eigenvalue weighted by Gasteiger charge is 2.38. The first-order chi connectivity index (χ1) is 7.76. The normalized spacial score (nSPS) is 11.0. The number of nitro groups is 1. The fourth-order valence-corrected chi connectivity index (χ4v) is 0.965. The molecule has 0 unspecified atom stereocenters. The zero-order valence-corrected chi connectivity index (χ0v) is 7.76. The highest BCUT2D eigenvalue weighted by molar-refractivity contribution is 5.80. The van der Waals surface area contributed by atoms with Crippen molar-refractivity contribution in [2.24, 2.45) is 0 Å². The van der Waals surface area contributed by atoms with Gasteiger partial charge in [0.1, 0.15) is 0 Å². The molecule has 0 saturated carbocycles. The second-order valence-electron chi connectivity index (χ2n) is 2.63. The second kappa shape index (κ2) is 4.23. The van der Waals surface area contributed by atoms with E-state index in [1.807, 2.05) is 0 Å². The molecule has 10 heteroatoms. The van der Waals surface area contributed by atoms with E-state index in [0.29, 0.717) is 6.20 Å². The number of aromatic nitrogens is 1. The van der Waals surface area contributed by atoms with Crippen LogP contribution in [0.15, 0.2) is 6.20 Å². The lowest BCUT2D eigenvalue weighted by Gasteiger charge is -2.10. The number of pyridine rings is 1. The van der Waals surface area contributed by atoms with Crippen molar-refractivity contribution in [3.8, 4) is 11.5 Å². The van der Waals surface area contributed by atoms with E-state index < -0.39 is 34.2 Å². The van der Waals surface area contributed by atoms with Crippen LogP contribution in [-0.2, 0) is 0 Å². The predicted molar refractivity (Wildman–Crippen MR) is 44.6 cm³/mol. The summed E-state index contributed by atoms with van der Waals surface area (Å²) >= 11 is 0. The number of hydrogen-bond acceptors (Lipinski definition) is 6. The topological polar surface area (TPSA) is 103 Å². The van der Waals surface area contributed by atoms with Crippen molar-refractivity contribution in [2.45, 2.75) is 6.36 Å². The summed E-state index contributed by atoms with van der Waals surface area (Å²) in [6.07, 6.45) is -4.93. The third kappa shape index (κ3) is 2.80. The Morgan fingerprint density at radius 3 is 2.53 bits per heavy atom. The number of nitrogens with zero attached hydrogens (tertiary/aromatic N) is 2. The lowest BCUT2D eigenvalue weighted by molar-refractivity contribution is -0.389. The summed E-state index contributed by atoms with van der Waals surface area (Å²) in [6.45, 7) is 0. The number of halogens is 3. The molecule has 7 nitrogen and oxygen atoms in total. The van der Waals surface area contributed by atoms with Gasteiger partial charge >= 0.3 is 12.0 Å². The lowest BCUT2D eigenvalue weighted by Crippen LogP contribution is -2.19. The molecule has 0 aliphatic rings. The monoisotopic (exact) mass is 252 g/mol. The summed E-state index contributed by atoms with van der Waals surface area (Å²) in [7, 11) is 0. The molecule has 92 valence electrons. The average molecular weight is 252 g/mol. The van der Waals surface area contributed by atoms with Crippen molar-refractivity contribution < 1.29 is 32.7 Å². The van der Waals surface area contributed by atoms with Gasteiger partial charge < -0.3 is 9.84 Å². The van der Waals surface area contributed by atoms with Crippen LogP contribution in [0.2, 0.25) is 0 Å². The van der Waals surface area contributed by atoms with Gasteiger partial charge in [-0.15, -0.1) is 13.2 Å². The Bertz CT molecular complexity index is 473. The van der Waals surface area contributed by atoms with E-state index in [4.69, 9.17) is 5.11 Å². The minimum absolute atomic E-state index is 0.159. The molecule has 0 aliphatic carbocycles. The summed E-state index contributed by atoms with van der Waals surface area (Å²) in [5.74, 6) is -2.59. The summed E-state index contributed by atoms with van der Waals surface area (Å²) in [4.78, 5) is 22.6. The Hall–Kier alpha value is -2.39. The van der Waals surface area contributed by atoms with Gasteiger partial charge in [-0.3, -0.25) is 14.9 Å². The highest BCUT2D eigenvalue weighted by atomic mass is 19.4. The molecule has 17 heavy (non-hydrogen) atoms. The number of carbonyl (C=O) groups is 1. The molecule has 1 heterocycles. The van der Waals surface area contributed by atoms with E-state index in [1.54, 1.807) is 0 Å². The Kier molecular flexibility index (Phi) is 3.16. The Balaban J connectivity index is 3.45. The largest absolute Gasteiger partial charge is 0.573 e. The molecule has 0 spiro atoms. The van der Waals surface area contributed by atoms with Gasteiger partial charge in [0.15, 0.2) is 12.0 Å². The van der Waals surface area contributed by atoms with Crippen molar-refractivity contribution in [2.75, 3.05) is 0 Å². The molecule has 0 aromatic carbocycles. The number of ether oxygens (including phenoxy) is 1. The van der Waals surface area contributed by atoms with E-state index in [2.05, 4.69) is 9.72 Å². The molecule has 1 aromatic rings. The maximum absolute atomic E-state index is 12.0. The van der Waals surface area contributed by atoms with Crippen LogP contribution in [0.1, 0.15) is 10.5 Å². The van der Waals surface area contributed by atoms with E-state index >= 15 is 0 Å². The SMILES string of the molecule is O=Cc1ncc(O)c([N+](=O)[O-])c1OC(F)(F)F. The fraction of sp³-hybridized carbons (Fsp3) is 0.143. The van der Waals surface area contributed by atoms with Crippen molar-refractivity contribution >= 4 is 12.0 Å². The van der Waals surface area contributed by atoms with Crippen LogP contribution in [0.5, 0.6) is 11.5 Å². The number of rotatable bonds is 3. The number of alkyl halides is 3. The van der Waals surface area contributed by atoms with Crippen molar-refractivity contribution in [3.05, 3.63) is 22.0 Å². The first kappa shape index (κ1) is 12.7. The van der Waals surface area contributed by atoms with Crippen LogP contribution in [0.4, 0.5) is 18.9 Å². The van der Waals surface area contributed by atoms with E-state index in [9.17, 15) is 28.1 Å². The quantitative estimate of drug-likeness (QED) is 0.495. The molecule has 0 aliphatic heterocycles. The van der Waals surface area contributed by atoms with E-state index in [0.717, 1.165) is 0 Å². The number of hydrogen-bond donors (Lipinski definition) is 1. The molecule has 1 aromatic heterocycles. The molecular formula is C7H3F3N2O5. The smallest absolute Gasteiger partial charge is 0.501 e. The third-order valence-electron chi connectivity index (χ3n) is 1.53. The summed E-state index contributed by atoms with van der Waals surface area (Å²) in [6, 6.07) is 0. The average Bonchev–Trinajstić information content (AvgIpc) is 2.15. The van der Waals surface area contributed by atoms with Gasteiger partial charge in [-0.25, -0.2) is 4.98 Å². The fourth-order valence-electron chi connectivity index (χ4n) is 0.965. The molecule has 0 radical (unpaired) electrons. The summed E-state index contributed by atoms with van der Waals surface area (Å²) in [5.41, 5.74) is -2.31. The van der Waals surface area contributed by atoms with Gasteiger partial charge in [0.05, 0.1) is 11.1 Å². The van der Waals surface area contributed by atoms with Crippen molar-refractivity contribution in [1.29, 1.82) is 0 Å². The molecule has 0 fully saturated rings. The standard InChI is InChI=1S/C7H3F3N2O5/c8-7(9,10)17-6-3(2-13)11-1-4(14)5(6)12(15)16/h1-2,14H. The van der Waals surface area contributed by atoms with Crippen molar-refractivity contribution in [1.82, 2.24) is 4.98 Å². The second-order valence-corrected chi connectivity index (χ2v) is 2.63. The van der Waals surface area contributed by atoms with Gasteiger partial charge in [0, 0.05) is 0 Å². The predicted octanol–water partition coefficient (Wildman–Crippen LogP) is 1.41. The van der Waals surface area contributed by atoms with Crippen LogP contribution in [0.25, 0.3) is 0 Å². The summed E-state index contributed by atoms with van der Waals surface area (Å²) in [5, 5.41) is 19.5. The van der Waals surface area contributed by atoms with Crippen LogP contribution in [-0.4, -0.2) is 27.7 Å². The van der Waals surface area contributed by atoms with Gasteiger partial charge in [0.25, 0.3) is 0 Å². The van der Waals surface area contributed by atoms with Crippen LogP contribution >= 0.6 is 0 Å². The first-order valence-corrected chi connectivity index (χ1v) is 3.83. The molecule has 0 atom stereocenters. The Morgan fingerprint density at radius 2 is 2.12 bits per heavy atom. The Labute approximate surface area is 90.6 Å². The molecule has 0 saturated heterocycles. The maximum atomic E-state index is 12.0. The van der Waals surface area contributed by atoms with E-state index in [-0.39, 0.29) is 6.29 Å². The number of carbonyl (C=O) groups excluding carboxylic acids is 1. The van der Waals surface area contributed by atoms with Gasteiger partial charge in [-0.1, -0.05) is 0 Å². The highest BCUT2D eigenvalue weighted by Crippen LogP contribution is 2.39.